The van der Waals surface area contributed by atoms with Crippen LogP contribution in [-0.4, -0.2) is 28.3 Å². The van der Waals surface area contributed by atoms with E-state index < -0.39 is 18.5 Å². The Hall–Kier alpha value is -3.19. The number of aromatic nitrogens is 2. The van der Waals surface area contributed by atoms with Crippen molar-refractivity contribution in [3.63, 3.8) is 0 Å². The third kappa shape index (κ3) is 4.63. The van der Waals surface area contributed by atoms with Crippen LogP contribution in [0.2, 0.25) is 5.02 Å². The quantitative estimate of drug-likeness (QED) is 0.624. The number of fused-ring (bicyclic) bond motifs is 1. The zero-order valence-corrected chi connectivity index (χ0v) is 16.8. The van der Waals surface area contributed by atoms with Gasteiger partial charge in [-0.3, -0.25) is 9.59 Å². The number of nitrogens with one attached hydrogen (secondary N) is 1. The molecule has 0 unspecified atom stereocenters. The van der Waals surface area contributed by atoms with Gasteiger partial charge in [0.05, 0.1) is 5.39 Å². The van der Waals surface area contributed by atoms with Crippen molar-refractivity contribution in [3.05, 3.63) is 69.1 Å². The van der Waals surface area contributed by atoms with Gasteiger partial charge in [-0.2, -0.15) is 5.10 Å². The molecule has 1 aromatic heterocycles. The average Bonchev–Trinajstić information content (AvgIpc) is 2.71. The van der Waals surface area contributed by atoms with Crippen LogP contribution in [0.15, 0.2) is 47.3 Å². The summed E-state index contributed by atoms with van der Waals surface area (Å²) in [5.74, 6) is -1.28. The molecule has 7 nitrogen and oxygen atoms in total. The first-order chi connectivity index (χ1) is 13.9. The van der Waals surface area contributed by atoms with Crippen molar-refractivity contribution in [2.75, 3.05) is 11.9 Å². The normalized spacial score (nSPS) is 10.7. The number of rotatable bonds is 6. The first kappa shape index (κ1) is 20.5. The second-order valence-electron chi connectivity index (χ2n) is 6.51. The zero-order valence-electron chi connectivity index (χ0n) is 16.1. The van der Waals surface area contributed by atoms with Crippen LogP contribution in [0.3, 0.4) is 0 Å². The molecule has 0 bridgehead atoms. The summed E-state index contributed by atoms with van der Waals surface area (Å²) >= 11 is 5.94. The van der Waals surface area contributed by atoms with Crippen LogP contribution in [0.4, 0.5) is 5.69 Å². The average molecular weight is 414 g/mol. The minimum absolute atomic E-state index is 0.000358. The van der Waals surface area contributed by atoms with Crippen LogP contribution in [0.25, 0.3) is 10.8 Å². The molecule has 0 aliphatic heterocycles. The summed E-state index contributed by atoms with van der Waals surface area (Å²) in [6.45, 7) is 3.61. The summed E-state index contributed by atoms with van der Waals surface area (Å²) in [6.07, 6.45) is 0.682. The highest BCUT2D eigenvalue weighted by Crippen LogP contribution is 2.20. The van der Waals surface area contributed by atoms with Gasteiger partial charge in [-0.15, -0.1) is 0 Å². The predicted octanol–water partition coefficient (Wildman–Crippen LogP) is 3.56. The van der Waals surface area contributed by atoms with Gasteiger partial charge in [0.2, 0.25) is 0 Å². The van der Waals surface area contributed by atoms with Gasteiger partial charge < -0.3 is 10.1 Å². The van der Waals surface area contributed by atoms with Crippen molar-refractivity contribution < 1.29 is 14.3 Å². The molecule has 1 N–H and O–H groups in total. The lowest BCUT2D eigenvalue weighted by atomic mass is 10.1. The van der Waals surface area contributed by atoms with Gasteiger partial charge >= 0.3 is 5.97 Å². The maximum atomic E-state index is 12.6. The second-order valence-corrected chi connectivity index (χ2v) is 6.94. The topological polar surface area (TPSA) is 90.3 Å². The van der Waals surface area contributed by atoms with Crippen LogP contribution in [0.5, 0.6) is 0 Å². The lowest BCUT2D eigenvalue weighted by Gasteiger charge is -2.11. The SMILES string of the molecule is CCCn1nc(C(=O)OCC(=O)Nc2cc(Cl)ccc2C)c2ccccc2c1=O. The van der Waals surface area contributed by atoms with E-state index in [2.05, 4.69) is 10.4 Å². The Morgan fingerprint density at radius 3 is 2.62 bits per heavy atom. The highest BCUT2D eigenvalue weighted by Gasteiger charge is 2.19. The molecule has 8 heteroatoms. The third-order valence-corrected chi connectivity index (χ3v) is 4.54. The van der Waals surface area contributed by atoms with Crippen LogP contribution < -0.4 is 10.9 Å². The van der Waals surface area contributed by atoms with E-state index in [0.717, 1.165) is 5.56 Å². The van der Waals surface area contributed by atoms with E-state index in [1.54, 1.807) is 42.5 Å². The molecule has 2 aromatic carbocycles. The van der Waals surface area contributed by atoms with Gasteiger partial charge in [-0.25, -0.2) is 9.48 Å². The number of carbonyl (C=O) groups is 2. The van der Waals surface area contributed by atoms with E-state index in [4.69, 9.17) is 16.3 Å². The molecular weight excluding hydrogens is 394 g/mol. The number of hydrogen-bond donors (Lipinski definition) is 1. The Labute approximate surface area is 172 Å². The molecule has 150 valence electrons. The zero-order chi connectivity index (χ0) is 21.0. The standard InChI is InChI=1S/C21H20ClN3O4/c1-3-10-25-20(27)16-7-5-4-6-15(16)19(24-25)21(28)29-12-18(26)23-17-11-14(22)9-8-13(17)2/h4-9,11H,3,10,12H2,1-2H3,(H,23,26). The van der Waals surface area contributed by atoms with E-state index in [1.165, 1.54) is 4.68 Å². The minimum Gasteiger partial charge on any atom is -0.451 e. The van der Waals surface area contributed by atoms with Crippen molar-refractivity contribution in [2.24, 2.45) is 0 Å². The minimum atomic E-state index is -0.774. The Bertz CT molecular complexity index is 1140. The Morgan fingerprint density at radius 2 is 1.90 bits per heavy atom. The van der Waals surface area contributed by atoms with E-state index in [-0.39, 0.29) is 11.3 Å². The molecule has 29 heavy (non-hydrogen) atoms. The number of aryl methyl sites for hydroxylation is 2. The summed E-state index contributed by atoms with van der Waals surface area (Å²) in [5.41, 5.74) is 1.10. The van der Waals surface area contributed by atoms with Crippen molar-refractivity contribution in [1.29, 1.82) is 0 Å². The summed E-state index contributed by atoms with van der Waals surface area (Å²) in [7, 11) is 0. The number of esters is 1. The first-order valence-electron chi connectivity index (χ1n) is 9.13. The van der Waals surface area contributed by atoms with Crippen LogP contribution in [0, 0.1) is 6.92 Å². The molecule has 0 atom stereocenters. The Balaban J connectivity index is 1.79. The largest absolute Gasteiger partial charge is 0.451 e. The molecule has 1 heterocycles. The summed E-state index contributed by atoms with van der Waals surface area (Å²) in [4.78, 5) is 37.3. The van der Waals surface area contributed by atoms with Crippen LogP contribution in [0.1, 0.15) is 29.4 Å². The number of hydrogen-bond acceptors (Lipinski definition) is 5. The fourth-order valence-electron chi connectivity index (χ4n) is 2.86. The van der Waals surface area contributed by atoms with Gasteiger partial charge in [-0.1, -0.05) is 42.8 Å². The van der Waals surface area contributed by atoms with Gasteiger partial charge in [0.15, 0.2) is 12.3 Å². The first-order valence-corrected chi connectivity index (χ1v) is 9.51. The molecule has 0 spiro atoms. The monoisotopic (exact) mass is 413 g/mol. The van der Waals surface area contributed by atoms with Crippen LogP contribution in [-0.2, 0) is 16.1 Å². The number of benzene rings is 2. The fourth-order valence-corrected chi connectivity index (χ4v) is 3.04. The Kier molecular flexibility index (Phi) is 6.29. The third-order valence-electron chi connectivity index (χ3n) is 4.30. The summed E-state index contributed by atoms with van der Waals surface area (Å²) in [5, 5.41) is 8.07. The predicted molar refractivity (Wildman–Crippen MR) is 111 cm³/mol. The molecular formula is C21H20ClN3O4. The molecule has 0 aliphatic rings. The van der Waals surface area contributed by atoms with Gasteiger partial charge in [0.25, 0.3) is 11.5 Å². The summed E-state index contributed by atoms with van der Waals surface area (Å²) < 4.78 is 6.40. The number of amides is 1. The fraction of sp³-hybridized carbons (Fsp3) is 0.238. The molecule has 0 radical (unpaired) electrons. The number of halogens is 1. The maximum Gasteiger partial charge on any atom is 0.359 e. The lowest BCUT2D eigenvalue weighted by molar-refractivity contribution is -0.119. The van der Waals surface area contributed by atoms with Gasteiger partial charge in [0.1, 0.15) is 0 Å². The number of carbonyl (C=O) groups excluding carboxylic acids is 2. The van der Waals surface area contributed by atoms with Crippen molar-refractivity contribution >= 4 is 39.9 Å². The van der Waals surface area contributed by atoms with E-state index in [1.807, 2.05) is 13.8 Å². The Morgan fingerprint density at radius 1 is 1.17 bits per heavy atom. The number of ether oxygens (including phenoxy) is 1. The van der Waals surface area contributed by atoms with E-state index in [0.29, 0.717) is 34.4 Å². The van der Waals surface area contributed by atoms with Crippen molar-refractivity contribution in [2.45, 2.75) is 26.8 Å². The van der Waals surface area contributed by atoms with Crippen LogP contribution >= 0.6 is 11.6 Å². The highest BCUT2D eigenvalue weighted by atomic mass is 35.5. The van der Waals surface area contributed by atoms with Crippen molar-refractivity contribution in [1.82, 2.24) is 9.78 Å². The summed E-state index contributed by atoms with van der Waals surface area (Å²) in [6, 6.07) is 11.8. The molecule has 0 aliphatic carbocycles. The molecule has 0 saturated carbocycles. The maximum absolute atomic E-state index is 12.6. The smallest absolute Gasteiger partial charge is 0.359 e. The molecule has 0 fully saturated rings. The molecule has 0 saturated heterocycles. The van der Waals surface area contributed by atoms with E-state index in [9.17, 15) is 14.4 Å². The van der Waals surface area contributed by atoms with Gasteiger partial charge in [0, 0.05) is 22.6 Å². The highest BCUT2D eigenvalue weighted by molar-refractivity contribution is 6.31. The van der Waals surface area contributed by atoms with E-state index >= 15 is 0 Å². The molecule has 3 rings (SSSR count). The second kappa shape index (κ2) is 8.87. The lowest BCUT2D eigenvalue weighted by Crippen LogP contribution is -2.27. The molecule has 3 aromatic rings. The number of anilines is 1. The number of nitrogens with zero attached hydrogens (tertiary/aromatic N) is 2. The van der Waals surface area contributed by atoms with Gasteiger partial charge in [-0.05, 0) is 37.1 Å². The molecule has 1 amide bonds. The van der Waals surface area contributed by atoms with Crippen molar-refractivity contribution in [3.8, 4) is 0 Å².